The van der Waals surface area contributed by atoms with E-state index in [2.05, 4.69) is 23.9 Å². The number of rotatable bonds is 4. The highest BCUT2D eigenvalue weighted by atomic mass is 19.1. The van der Waals surface area contributed by atoms with Crippen LogP contribution in [0.15, 0.2) is 24.3 Å². The molecule has 4 heteroatoms. The Morgan fingerprint density at radius 2 is 2.06 bits per heavy atom. The highest BCUT2D eigenvalue weighted by molar-refractivity contribution is 5.16. The molecule has 0 radical (unpaired) electrons. The molecule has 1 aliphatic heterocycles. The number of hydrogen-bond donors (Lipinski definition) is 1. The average molecular weight is 251 g/mol. The second-order valence-corrected chi connectivity index (χ2v) is 5.40. The van der Waals surface area contributed by atoms with Crippen LogP contribution in [0.3, 0.4) is 0 Å². The van der Waals surface area contributed by atoms with E-state index in [1.54, 1.807) is 0 Å². The van der Waals surface area contributed by atoms with Crippen molar-refractivity contribution in [2.45, 2.75) is 18.5 Å². The number of nitrogens with two attached hydrogens (primary N) is 1. The van der Waals surface area contributed by atoms with Gasteiger partial charge < -0.3 is 10.6 Å². The molecule has 3 nitrogen and oxygen atoms in total. The normalized spacial score (nSPS) is 24.9. The van der Waals surface area contributed by atoms with Crippen LogP contribution in [0.2, 0.25) is 0 Å². The summed E-state index contributed by atoms with van der Waals surface area (Å²) in [6.07, 6.45) is 1.09. The van der Waals surface area contributed by atoms with Crippen molar-refractivity contribution in [3.05, 3.63) is 35.6 Å². The van der Waals surface area contributed by atoms with Crippen LogP contribution in [-0.2, 0) is 6.54 Å². The molecule has 1 aliphatic rings. The third-order valence-electron chi connectivity index (χ3n) is 4.05. The standard InChI is InChI=1S/C14H22FN3/c1-17-8-7-14(10-16,11-17)18(2)9-12-3-5-13(15)6-4-12/h3-6H,7-11,16H2,1-2H3. The van der Waals surface area contributed by atoms with Crippen LogP contribution in [0.1, 0.15) is 12.0 Å². The van der Waals surface area contributed by atoms with Gasteiger partial charge in [0.25, 0.3) is 0 Å². The molecule has 1 saturated heterocycles. The molecule has 1 heterocycles. The zero-order valence-corrected chi connectivity index (χ0v) is 11.2. The molecule has 1 unspecified atom stereocenters. The summed E-state index contributed by atoms with van der Waals surface area (Å²) in [5.41, 5.74) is 7.17. The Morgan fingerprint density at radius 1 is 1.39 bits per heavy atom. The Bertz CT molecular complexity index is 393. The highest BCUT2D eigenvalue weighted by Gasteiger charge is 2.38. The van der Waals surface area contributed by atoms with Crippen molar-refractivity contribution >= 4 is 0 Å². The Kier molecular flexibility index (Phi) is 4.00. The van der Waals surface area contributed by atoms with Gasteiger partial charge in [0.05, 0.1) is 0 Å². The first kappa shape index (κ1) is 13.5. The average Bonchev–Trinajstić information content (AvgIpc) is 2.75. The van der Waals surface area contributed by atoms with Gasteiger partial charge in [0, 0.05) is 25.2 Å². The van der Waals surface area contributed by atoms with Gasteiger partial charge in [0.1, 0.15) is 5.82 Å². The van der Waals surface area contributed by atoms with Gasteiger partial charge in [0.15, 0.2) is 0 Å². The minimum Gasteiger partial charge on any atom is -0.329 e. The Balaban J connectivity index is 2.06. The third kappa shape index (κ3) is 2.71. The predicted octanol–water partition coefficient (Wildman–Crippen LogP) is 1.29. The molecule has 0 amide bonds. The molecule has 1 aromatic carbocycles. The maximum atomic E-state index is 12.9. The summed E-state index contributed by atoms with van der Waals surface area (Å²) in [4.78, 5) is 4.62. The van der Waals surface area contributed by atoms with Crippen LogP contribution < -0.4 is 5.73 Å². The minimum absolute atomic E-state index is 0.0587. The van der Waals surface area contributed by atoms with Crippen molar-refractivity contribution in [2.24, 2.45) is 5.73 Å². The molecule has 100 valence electrons. The first-order chi connectivity index (χ1) is 8.55. The zero-order chi connectivity index (χ0) is 13.2. The molecule has 0 saturated carbocycles. The summed E-state index contributed by atoms with van der Waals surface area (Å²) in [6.45, 7) is 3.56. The number of nitrogens with zero attached hydrogens (tertiary/aromatic N) is 2. The fourth-order valence-electron chi connectivity index (χ4n) is 2.72. The van der Waals surface area contributed by atoms with E-state index < -0.39 is 0 Å². The Morgan fingerprint density at radius 3 is 2.56 bits per heavy atom. The summed E-state index contributed by atoms with van der Waals surface area (Å²) in [7, 11) is 4.23. The van der Waals surface area contributed by atoms with Gasteiger partial charge in [-0.25, -0.2) is 4.39 Å². The van der Waals surface area contributed by atoms with E-state index in [1.807, 2.05) is 12.1 Å². The van der Waals surface area contributed by atoms with E-state index in [9.17, 15) is 4.39 Å². The minimum atomic E-state index is -0.185. The summed E-state index contributed by atoms with van der Waals surface area (Å²) in [5, 5.41) is 0. The van der Waals surface area contributed by atoms with Gasteiger partial charge in [-0.1, -0.05) is 12.1 Å². The maximum absolute atomic E-state index is 12.9. The van der Waals surface area contributed by atoms with E-state index in [0.29, 0.717) is 6.54 Å². The lowest BCUT2D eigenvalue weighted by molar-refractivity contribution is 0.126. The lowest BCUT2D eigenvalue weighted by Crippen LogP contribution is -2.53. The predicted molar refractivity (Wildman–Crippen MR) is 71.8 cm³/mol. The van der Waals surface area contributed by atoms with Crippen LogP contribution >= 0.6 is 0 Å². The van der Waals surface area contributed by atoms with E-state index >= 15 is 0 Å². The van der Waals surface area contributed by atoms with Crippen molar-refractivity contribution in [2.75, 3.05) is 33.7 Å². The first-order valence-corrected chi connectivity index (χ1v) is 6.40. The molecule has 0 aromatic heterocycles. The number of likely N-dealkylation sites (tertiary alicyclic amines) is 1. The lowest BCUT2D eigenvalue weighted by Gasteiger charge is -2.38. The Labute approximate surface area is 108 Å². The van der Waals surface area contributed by atoms with Crippen molar-refractivity contribution in [3.63, 3.8) is 0 Å². The van der Waals surface area contributed by atoms with Crippen molar-refractivity contribution in [3.8, 4) is 0 Å². The summed E-state index contributed by atoms with van der Waals surface area (Å²) >= 11 is 0. The van der Waals surface area contributed by atoms with Gasteiger partial charge in [-0.05, 0) is 44.8 Å². The molecular weight excluding hydrogens is 229 g/mol. The van der Waals surface area contributed by atoms with Gasteiger partial charge in [-0.3, -0.25) is 4.90 Å². The number of halogens is 1. The number of hydrogen-bond acceptors (Lipinski definition) is 3. The van der Waals surface area contributed by atoms with Crippen LogP contribution in [-0.4, -0.2) is 49.1 Å². The Hall–Kier alpha value is -0.970. The van der Waals surface area contributed by atoms with E-state index in [1.165, 1.54) is 12.1 Å². The van der Waals surface area contributed by atoms with E-state index in [-0.39, 0.29) is 11.4 Å². The van der Waals surface area contributed by atoms with Crippen molar-refractivity contribution < 1.29 is 4.39 Å². The van der Waals surface area contributed by atoms with Crippen LogP contribution in [0, 0.1) is 5.82 Å². The van der Waals surface area contributed by atoms with E-state index in [0.717, 1.165) is 31.6 Å². The largest absolute Gasteiger partial charge is 0.329 e. The lowest BCUT2D eigenvalue weighted by atomic mass is 9.96. The smallest absolute Gasteiger partial charge is 0.123 e. The third-order valence-corrected chi connectivity index (χ3v) is 4.05. The fourth-order valence-corrected chi connectivity index (χ4v) is 2.72. The molecule has 1 fully saturated rings. The monoisotopic (exact) mass is 251 g/mol. The highest BCUT2D eigenvalue weighted by Crippen LogP contribution is 2.26. The molecular formula is C14H22FN3. The molecule has 1 aromatic rings. The van der Waals surface area contributed by atoms with E-state index in [4.69, 9.17) is 5.73 Å². The molecule has 0 bridgehead atoms. The second kappa shape index (κ2) is 5.34. The topological polar surface area (TPSA) is 32.5 Å². The van der Waals surface area contributed by atoms with Gasteiger partial charge in [-0.2, -0.15) is 0 Å². The van der Waals surface area contributed by atoms with Crippen LogP contribution in [0.25, 0.3) is 0 Å². The molecule has 2 N–H and O–H groups in total. The second-order valence-electron chi connectivity index (χ2n) is 5.40. The molecule has 18 heavy (non-hydrogen) atoms. The van der Waals surface area contributed by atoms with Gasteiger partial charge in [0.2, 0.25) is 0 Å². The van der Waals surface area contributed by atoms with Crippen molar-refractivity contribution in [1.29, 1.82) is 0 Å². The summed E-state index contributed by atoms with van der Waals surface area (Å²) in [6, 6.07) is 6.71. The first-order valence-electron chi connectivity index (χ1n) is 6.40. The van der Waals surface area contributed by atoms with Crippen LogP contribution in [0.4, 0.5) is 4.39 Å². The van der Waals surface area contributed by atoms with Crippen LogP contribution in [0.5, 0.6) is 0 Å². The number of benzene rings is 1. The maximum Gasteiger partial charge on any atom is 0.123 e. The molecule has 2 rings (SSSR count). The van der Waals surface area contributed by atoms with Gasteiger partial charge in [-0.15, -0.1) is 0 Å². The summed E-state index contributed by atoms with van der Waals surface area (Å²) in [5.74, 6) is -0.185. The SMILES string of the molecule is CN1CCC(CN)(N(C)Cc2ccc(F)cc2)C1. The summed E-state index contributed by atoms with van der Waals surface area (Å²) < 4.78 is 12.9. The fraction of sp³-hybridized carbons (Fsp3) is 0.571. The molecule has 0 spiro atoms. The quantitative estimate of drug-likeness (QED) is 0.875. The zero-order valence-electron chi connectivity index (χ0n) is 11.2. The molecule has 1 atom stereocenters. The van der Waals surface area contributed by atoms with Gasteiger partial charge >= 0.3 is 0 Å². The number of likely N-dealkylation sites (N-methyl/N-ethyl adjacent to an activating group) is 2. The van der Waals surface area contributed by atoms with Crippen molar-refractivity contribution in [1.82, 2.24) is 9.80 Å². The molecule has 0 aliphatic carbocycles.